The molecule has 0 radical (unpaired) electrons. The SMILES string of the molecule is CC(Cc1ccc(C(F)(F)F)cc1)C(=O)N1CCC(C)C(O)C1. The van der Waals surface area contributed by atoms with E-state index < -0.39 is 17.8 Å². The lowest BCUT2D eigenvalue weighted by atomic mass is 9.93. The minimum Gasteiger partial charge on any atom is -0.391 e. The number of piperidine rings is 1. The van der Waals surface area contributed by atoms with Gasteiger partial charge in [0, 0.05) is 19.0 Å². The van der Waals surface area contributed by atoms with E-state index >= 15 is 0 Å². The van der Waals surface area contributed by atoms with Crippen molar-refractivity contribution < 1.29 is 23.1 Å². The summed E-state index contributed by atoms with van der Waals surface area (Å²) >= 11 is 0. The van der Waals surface area contributed by atoms with Crippen molar-refractivity contribution in [2.45, 2.75) is 39.0 Å². The first-order chi connectivity index (χ1) is 10.7. The van der Waals surface area contributed by atoms with Gasteiger partial charge in [0.05, 0.1) is 11.7 Å². The van der Waals surface area contributed by atoms with Crippen LogP contribution in [0.1, 0.15) is 31.4 Å². The molecule has 1 aromatic carbocycles. The molecule has 0 aromatic heterocycles. The Morgan fingerprint density at radius 2 is 1.96 bits per heavy atom. The number of alkyl halides is 3. The van der Waals surface area contributed by atoms with Crippen molar-refractivity contribution in [1.29, 1.82) is 0 Å². The van der Waals surface area contributed by atoms with Crippen molar-refractivity contribution in [1.82, 2.24) is 4.90 Å². The van der Waals surface area contributed by atoms with Crippen molar-refractivity contribution in [3.63, 3.8) is 0 Å². The number of likely N-dealkylation sites (tertiary alicyclic amines) is 1. The van der Waals surface area contributed by atoms with Crippen LogP contribution in [0.2, 0.25) is 0 Å². The summed E-state index contributed by atoms with van der Waals surface area (Å²) in [7, 11) is 0. The predicted octanol–water partition coefficient (Wildman–Crippen LogP) is 3.11. The van der Waals surface area contributed by atoms with Crippen LogP contribution in [0.5, 0.6) is 0 Å². The third-order valence-electron chi connectivity index (χ3n) is 4.48. The van der Waals surface area contributed by atoms with Crippen LogP contribution in [-0.4, -0.2) is 35.1 Å². The Kier molecular flexibility index (Phi) is 5.34. The number of aliphatic hydroxyl groups excluding tert-OH is 1. The van der Waals surface area contributed by atoms with Crippen molar-refractivity contribution in [3.05, 3.63) is 35.4 Å². The van der Waals surface area contributed by atoms with Gasteiger partial charge in [-0.2, -0.15) is 13.2 Å². The van der Waals surface area contributed by atoms with E-state index in [1.807, 2.05) is 6.92 Å². The zero-order chi connectivity index (χ0) is 17.2. The van der Waals surface area contributed by atoms with Gasteiger partial charge in [0.2, 0.25) is 5.91 Å². The molecule has 1 N–H and O–H groups in total. The zero-order valence-electron chi connectivity index (χ0n) is 13.3. The number of β-amino-alcohol motifs (C(OH)–C–C–N with tert-alkyl or cyclic N) is 1. The largest absolute Gasteiger partial charge is 0.416 e. The number of hydrogen-bond acceptors (Lipinski definition) is 2. The highest BCUT2D eigenvalue weighted by atomic mass is 19.4. The fourth-order valence-electron chi connectivity index (χ4n) is 2.83. The molecule has 1 aliphatic heterocycles. The van der Waals surface area contributed by atoms with E-state index in [9.17, 15) is 23.1 Å². The molecule has 3 atom stereocenters. The lowest BCUT2D eigenvalue weighted by Crippen LogP contribution is -2.47. The van der Waals surface area contributed by atoms with E-state index in [4.69, 9.17) is 0 Å². The number of rotatable bonds is 3. The molecule has 23 heavy (non-hydrogen) atoms. The summed E-state index contributed by atoms with van der Waals surface area (Å²) in [4.78, 5) is 14.1. The summed E-state index contributed by atoms with van der Waals surface area (Å²) in [6.07, 6.45) is -3.70. The van der Waals surface area contributed by atoms with Gasteiger partial charge in [0.25, 0.3) is 0 Å². The van der Waals surface area contributed by atoms with Gasteiger partial charge in [-0.1, -0.05) is 26.0 Å². The van der Waals surface area contributed by atoms with E-state index in [0.717, 1.165) is 18.6 Å². The molecule has 1 amide bonds. The Hall–Kier alpha value is -1.56. The lowest BCUT2D eigenvalue weighted by Gasteiger charge is -2.35. The fraction of sp³-hybridized carbons (Fsp3) is 0.588. The van der Waals surface area contributed by atoms with Crippen LogP contribution in [-0.2, 0) is 17.4 Å². The Morgan fingerprint density at radius 1 is 1.35 bits per heavy atom. The average Bonchev–Trinajstić information content (AvgIpc) is 2.49. The highest BCUT2D eigenvalue weighted by Gasteiger charge is 2.31. The van der Waals surface area contributed by atoms with E-state index in [2.05, 4.69) is 0 Å². The minimum atomic E-state index is -4.35. The second-order valence-corrected chi connectivity index (χ2v) is 6.42. The first-order valence-corrected chi connectivity index (χ1v) is 7.81. The van der Waals surface area contributed by atoms with E-state index in [0.29, 0.717) is 25.1 Å². The molecular formula is C17H22F3NO2. The number of carbonyl (C=O) groups excluding carboxylic acids is 1. The van der Waals surface area contributed by atoms with Crippen LogP contribution in [0, 0.1) is 11.8 Å². The van der Waals surface area contributed by atoms with Gasteiger partial charge in [0.15, 0.2) is 0 Å². The number of halogens is 3. The third-order valence-corrected chi connectivity index (χ3v) is 4.48. The summed E-state index contributed by atoms with van der Waals surface area (Å²) in [6.45, 7) is 4.67. The van der Waals surface area contributed by atoms with E-state index in [1.165, 1.54) is 12.1 Å². The molecule has 1 saturated heterocycles. The smallest absolute Gasteiger partial charge is 0.391 e. The maximum atomic E-state index is 12.5. The van der Waals surface area contributed by atoms with Crippen molar-refractivity contribution in [2.75, 3.05) is 13.1 Å². The summed E-state index contributed by atoms with van der Waals surface area (Å²) < 4.78 is 37.6. The average molecular weight is 329 g/mol. The number of nitrogens with zero attached hydrogens (tertiary/aromatic N) is 1. The second-order valence-electron chi connectivity index (χ2n) is 6.42. The van der Waals surface area contributed by atoms with Gasteiger partial charge in [-0.05, 0) is 36.5 Å². The third kappa shape index (κ3) is 4.47. The molecule has 1 heterocycles. The molecule has 0 aliphatic carbocycles. The first-order valence-electron chi connectivity index (χ1n) is 7.81. The molecule has 6 heteroatoms. The number of benzene rings is 1. The number of carbonyl (C=O) groups is 1. The molecule has 1 aliphatic rings. The second kappa shape index (κ2) is 6.91. The molecule has 3 unspecified atom stereocenters. The standard InChI is InChI=1S/C17H22F3NO2/c1-11-7-8-21(10-15(11)22)16(23)12(2)9-13-3-5-14(6-4-13)17(18,19)20/h3-6,11-12,15,22H,7-10H2,1-2H3. The molecule has 3 nitrogen and oxygen atoms in total. The molecule has 2 rings (SSSR count). The van der Waals surface area contributed by atoms with Gasteiger partial charge in [0.1, 0.15) is 0 Å². The Bertz CT molecular complexity index is 542. The number of hydrogen-bond donors (Lipinski definition) is 1. The van der Waals surface area contributed by atoms with Gasteiger partial charge in [-0.3, -0.25) is 4.79 Å². The summed E-state index contributed by atoms with van der Waals surface area (Å²) in [5.41, 5.74) is 0.0122. The van der Waals surface area contributed by atoms with Crippen LogP contribution in [0.3, 0.4) is 0 Å². The molecule has 1 fully saturated rings. The highest BCUT2D eigenvalue weighted by molar-refractivity contribution is 5.79. The van der Waals surface area contributed by atoms with E-state index in [1.54, 1.807) is 11.8 Å². The molecular weight excluding hydrogens is 307 g/mol. The predicted molar refractivity (Wildman–Crippen MR) is 80.7 cm³/mol. The van der Waals surface area contributed by atoms with Crippen LogP contribution >= 0.6 is 0 Å². The van der Waals surface area contributed by atoms with Crippen LogP contribution < -0.4 is 0 Å². The highest BCUT2D eigenvalue weighted by Crippen LogP contribution is 2.29. The molecule has 128 valence electrons. The van der Waals surface area contributed by atoms with Crippen LogP contribution in [0.25, 0.3) is 0 Å². The summed E-state index contributed by atoms with van der Waals surface area (Å²) in [6, 6.07) is 4.91. The van der Waals surface area contributed by atoms with Crippen LogP contribution in [0.4, 0.5) is 13.2 Å². The van der Waals surface area contributed by atoms with Crippen molar-refractivity contribution >= 4 is 5.91 Å². The maximum absolute atomic E-state index is 12.5. The molecule has 0 bridgehead atoms. The summed E-state index contributed by atoms with van der Waals surface area (Å²) in [5, 5.41) is 9.87. The Morgan fingerprint density at radius 3 is 2.48 bits per heavy atom. The lowest BCUT2D eigenvalue weighted by molar-refractivity contribution is -0.139. The van der Waals surface area contributed by atoms with Gasteiger partial charge in [-0.15, -0.1) is 0 Å². The normalized spacial score (nSPS) is 23.7. The number of aliphatic hydroxyl groups is 1. The maximum Gasteiger partial charge on any atom is 0.416 e. The monoisotopic (exact) mass is 329 g/mol. The molecule has 0 spiro atoms. The van der Waals surface area contributed by atoms with E-state index in [-0.39, 0.29) is 17.7 Å². The quantitative estimate of drug-likeness (QED) is 0.926. The van der Waals surface area contributed by atoms with Gasteiger partial charge >= 0.3 is 6.18 Å². The summed E-state index contributed by atoms with van der Waals surface area (Å²) in [5.74, 6) is -0.201. The fourth-order valence-corrected chi connectivity index (χ4v) is 2.83. The van der Waals surface area contributed by atoms with Crippen LogP contribution in [0.15, 0.2) is 24.3 Å². The molecule has 1 aromatic rings. The minimum absolute atomic E-state index is 0.0594. The van der Waals surface area contributed by atoms with Gasteiger partial charge < -0.3 is 10.0 Å². The Balaban J connectivity index is 1.96. The molecule has 0 saturated carbocycles. The van der Waals surface area contributed by atoms with Crippen molar-refractivity contribution in [2.24, 2.45) is 11.8 Å². The number of amides is 1. The van der Waals surface area contributed by atoms with Gasteiger partial charge in [-0.25, -0.2) is 0 Å². The first kappa shape index (κ1) is 17.8. The Labute approximate surface area is 134 Å². The topological polar surface area (TPSA) is 40.5 Å². The van der Waals surface area contributed by atoms with Crippen molar-refractivity contribution in [3.8, 4) is 0 Å². The zero-order valence-corrected chi connectivity index (χ0v) is 13.3.